The zero-order chi connectivity index (χ0) is 7.98. The summed E-state index contributed by atoms with van der Waals surface area (Å²) in [5, 5.41) is 0. The molecule has 0 aliphatic rings. The Hall–Kier alpha value is -0.0400. The molecule has 0 atom stereocenters. The summed E-state index contributed by atoms with van der Waals surface area (Å²) in [6.07, 6.45) is 3.53. The summed E-state index contributed by atoms with van der Waals surface area (Å²) in [5.41, 5.74) is 0. The van der Waals surface area contributed by atoms with Crippen molar-refractivity contribution in [2.24, 2.45) is 5.92 Å². The van der Waals surface area contributed by atoms with Gasteiger partial charge in [-0.25, -0.2) is 0 Å². The molecule has 0 amide bonds. The Kier molecular flexibility index (Phi) is 5.70. The molecule has 1 heteroatoms. The molecule has 0 aliphatic heterocycles. The van der Waals surface area contributed by atoms with Gasteiger partial charge in [0.25, 0.3) is 0 Å². The van der Waals surface area contributed by atoms with Gasteiger partial charge in [-0.2, -0.15) is 0 Å². The third kappa shape index (κ3) is 7.96. The monoisotopic (exact) mass is 143 g/mol. The molecule has 0 aromatic carbocycles. The summed E-state index contributed by atoms with van der Waals surface area (Å²) < 4.78 is 5.31. The Balaban J connectivity index is 2.91. The van der Waals surface area contributed by atoms with Gasteiger partial charge in [0.1, 0.15) is 0 Å². The first-order chi connectivity index (χ1) is 4.63. The van der Waals surface area contributed by atoms with Crippen LogP contribution in [0.1, 0.15) is 40.5 Å². The van der Waals surface area contributed by atoms with Crippen molar-refractivity contribution in [3.8, 4) is 0 Å². The van der Waals surface area contributed by atoms with Crippen LogP contribution in [0, 0.1) is 12.0 Å². The summed E-state index contributed by atoms with van der Waals surface area (Å²) in [5.74, 6) is 0.806. The standard InChI is InChI=1S/C9H19O/c1-8(2)6-5-7-10-9(3)4/h8H,5-7H2,1-4H3. The first-order valence-corrected chi connectivity index (χ1v) is 4.06. The predicted molar refractivity (Wildman–Crippen MR) is 44.6 cm³/mol. The number of hydrogen-bond donors (Lipinski definition) is 0. The van der Waals surface area contributed by atoms with Crippen LogP contribution in [0.25, 0.3) is 0 Å². The summed E-state index contributed by atoms with van der Waals surface area (Å²) in [7, 11) is 0. The van der Waals surface area contributed by atoms with Gasteiger partial charge in [-0.1, -0.05) is 13.8 Å². The average Bonchev–Trinajstić information content (AvgIpc) is 1.79. The molecule has 0 aromatic heterocycles. The quantitative estimate of drug-likeness (QED) is 0.537. The van der Waals surface area contributed by atoms with Crippen LogP contribution >= 0.6 is 0 Å². The van der Waals surface area contributed by atoms with E-state index in [0.29, 0.717) is 0 Å². The lowest BCUT2D eigenvalue weighted by Crippen LogP contribution is -1.98. The largest absolute Gasteiger partial charge is 0.373 e. The molecule has 0 saturated carbocycles. The number of hydrogen-bond acceptors (Lipinski definition) is 1. The van der Waals surface area contributed by atoms with Gasteiger partial charge in [0.2, 0.25) is 0 Å². The summed E-state index contributed by atoms with van der Waals surface area (Å²) >= 11 is 0. The van der Waals surface area contributed by atoms with E-state index in [4.69, 9.17) is 4.74 Å². The zero-order valence-electron chi connectivity index (χ0n) is 7.61. The van der Waals surface area contributed by atoms with Gasteiger partial charge in [-0.3, -0.25) is 0 Å². The first kappa shape index (κ1) is 9.96. The average molecular weight is 143 g/mol. The summed E-state index contributed by atoms with van der Waals surface area (Å²) in [6, 6.07) is 0. The Labute approximate surface area is 64.8 Å². The van der Waals surface area contributed by atoms with Gasteiger partial charge in [-0.15, -0.1) is 0 Å². The van der Waals surface area contributed by atoms with E-state index in [0.717, 1.165) is 18.6 Å². The number of ether oxygens (including phenoxy) is 1. The maximum absolute atomic E-state index is 5.31. The molecule has 0 fully saturated rings. The molecular weight excluding hydrogens is 124 g/mol. The molecule has 1 nitrogen and oxygen atoms in total. The lowest BCUT2D eigenvalue weighted by molar-refractivity contribution is 0.149. The van der Waals surface area contributed by atoms with Crippen molar-refractivity contribution in [2.45, 2.75) is 40.5 Å². The summed E-state index contributed by atoms with van der Waals surface area (Å²) in [6.45, 7) is 9.36. The van der Waals surface area contributed by atoms with Crippen molar-refractivity contribution in [3.63, 3.8) is 0 Å². The topological polar surface area (TPSA) is 9.23 Å². The normalized spacial score (nSPS) is 11.4. The molecule has 1 radical (unpaired) electrons. The van der Waals surface area contributed by atoms with E-state index >= 15 is 0 Å². The molecule has 0 bridgehead atoms. The van der Waals surface area contributed by atoms with E-state index in [1.165, 1.54) is 12.8 Å². The van der Waals surface area contributed by atoms with Crippen LogP contribution in [-0.2, 0) is 4.74 Å². The molecule has 0 rings (SSSR count). The van der Waals surface area contributed by atoms with Crippen molar-refractivity contribution in [2.75, 3.05) is 6.61 Å². The van der Waals surface area contributed by atoms with E-state index in [9.17, 15) is 0 Å². The smallest absolute Gasteiger partial charge is 0.0909 e. The second-order valence-electron chi connectivity index (χ2n) is 3.29. The van der Waals surface area contributed by atoms with Gasteiger partial charge in [0.15, 0.2) is 0 Å². The Bertz CT molecular complexity index is 57.1. The lowest BCUT2D eigenvalue weighted by Gasteiger charge is -2.07. The molecule has 0 heterocycles. The second-order valence-corrected chi connectivity index (χ2v) is 3.29. The molecule has 0 aromatic rings. The Morgan fingerprint density at radius 1 is 1.30 bits per heavy atom. The highest BCUT2D eigenvalue weighted by Crippen LogP contribution is 2.05. The molecule has 0 spiro atoms. The lowest BCUT2D eigenvalue weighted by atomic mass is 10.1. The van der Waals surface area contributed by atoms with E-state index in [-0.39, 0.29) is 0 Å². The molecule has 61 valence electrons. The molecule has 0 unspecified atom stereocenters. The van der Waals surface area contributed by atoms with Gasteiger partial charge in [-0.05, 0) is 32.6 Å². The minimum Gasteiger partial charge on any atom is -0.373 e. The van der Waals surface area contributed by atoms with Crippen LogP contribution in [-0.4, -0.2) is 6.61 Å². The SMILES string of the molecule is C[C](C)OCCCC(C)C. The fourth-order valence-electron chi connectivity index (χ4n) is 0.768. The summed E-state index contributed by atoms with van der Waals surface area (Å²) in [4.78, 5) is 0. The highest BCUT2D eigenvalue weighted by atomic mass is 16.5. The van der Waals surface area contributed by atoms with E-state index in [1.807, 2.05) is 13.8 Å². The Morgan fingerprint density at radius 3 is 2.30 bits per heavy atom. The molecule has 0 N–H and O–H groups in total. The van der Waals surface area contributed by atoms with Crippen molar-refractivity contribution in [1.82, 2.24) is 0 Å². The molecule has 0 saturated heterocycles. The minimum atomic E-state index is 0.806. The second kappa shape index (κ2) is 5.72. The molecular formula is C9H19O. The number of rotatable bonds is 5. The van der Waals surface area contributed by atoms with Crippen molar-refractivity contribution < 1.29 is 4.74 Å². The molecule has 0 aliphatic carbocycles. The fraction of sp³-hybridized carbons (Fsp3) is 0.889. The van der Waals surface area contributed by atoms with Crippen LogP contribution in [0.2, 0.25) is 0 Å². The van der Waals surface area contributed by atoms with Crippen LogP contribution in [0.3, 0.4) is 0 Å². The highest BCUT2D eigenvalue weighted by Gasteiger charge is 1.95. The molecule has 10 heavy (non-hydrogen) atoms. The van der Waals surface area contributed by atoms with Crippen molar-refractivity contribution in [3.05, 3.63) is 6.10 Å². The highest BCUT2D eigenvalue weighted by molar-refractivity contribution is 4.59. The third-order valence-electron chi connectivity index (χ3n) is 1.32. The zero-order valence-corrected chi connectivity index (χ0v) is 7.61. The van der Waals surface area contributed by atoms with Crippen molar-refractivity contribution >= 4 is 0 Å². The fourth-order valence-corrected chi connectivity index (χ4v) is 0.768. The maximum Gasteiger partial charge on any atom is 0.0909 e. The first-order valence-electron chi connectivity index (χ1n) is 4.06. The van der Waals surface area contributed by atoms with E-state index < -0.39 is 0 Å². The predicted octanol–water partition coefficient (Wildman–Crippen LogP) is 3.01. The van der Waals surface area contributed by atoms with Crippen LogP contribution < -0.4 is 0 Å². The third-order valence-corrected chi connectivity index (χ3v) is 1.32. The minimum absolute atomic E-state index is 0.806. The van der Waals surface area contributed by atoms with Gasteiger partial charge < -0.3 is 4.74 Å². The van der Waals surface area contributed by atoms with E-state index in [1.54, 1.807) is 0 Å². The van der Waals surface area contributed by atoms with Crippen LogP contribution in [0.5, 0.6) is 0 Å². The Morgan fingerprint density at radius 2 is 1.90 bits per heavy atom. The van der Waals surface area contributed by atoms with Gasteiger partial charge in [0.05, 0.1) is 6.10 Å². The van der Waals surface area contributed by atoms with Gasteiger partial charge in [0, 0.05) is 6.61 Å². The maximum atomic E-state index is 5.31. The van der Waals surface area contributed by atoms with E-state index in [2.05, 4.69) is 13.8 Å². The van der Waals surface area contributed by atoms with Crippen LogP contribution in [0.15, 0.2) is 0 Å². The van der Waals surface area contributed by atoms with Crippen LogP contribution in [0.4, 0.5) is 0 Å². The van der Waals surface area contributed by atoms with Gasteiger partial charge >= 0.3 is 0 Å². The van der Waals surface area contributed by atoms with Crippen molar-refractivity contribution in [1.29, 1.82) is 0 Å².